The molecule has 6 nitrogen and oxygen atoms in total. The first-order valence-corrected chi connectivity index (χ1v) is 7.33. The Morgan fingerprint density at radius 2 is 2.10 bits per heavy atom. The lowest BCUT2D eigenvalue weighted by Crippen LogP contribution is -2.38. The number of carbonyl (C=O) groups excluding carboxylic acids is 1. The minimum absolute atomic E-state index is 0.103. The average molecular weight is 288 g/mol. The monoisotopic (exact) mass is 288 g/mol. The third kappa shape index (κ3) is 2.76. The quantitative estimate of drug-likeness (QED) is 0.873. The van der Waals surface area contributed by atoms with E-state index in [-0.39, 0.29) is 18.1 Å². The number of aromatic nitrogens is 3. The van der Waals surface area contributed by atoms with E-state index in [0.717, 1.165) is 42.4 Å². The standard InChI is InChI=1S/C15H20N4O2/c1-9-13-7-10(8-16-14(13)19(2)18-9)15(21)17-11-3-5-12(20)6-4-11/h7-8,11-12,20H,3-6H2,1-2H3,(H,17,21). The third-order valence-corrected chi connectivity index (χ3v) is 4.16. The number of hydrogen-bond acceptors (Lipinski definition) is 4. The van der Waals surface area contributed by atoms with Gasteiger partial charge in [0.05, 0.1) is 17.4 Å². The number of aliphatic hydroxyl groups excluding tert-OH is 1. The van der Waals surface area contributed by atoms with Crippen LogP contribution in [0.1, 0.15) is 41.7 Å². The number of aryl methyl sites for hydroxylation is 2. The highest BCUT2D eigenvalue weighted by molar-refractivity contribution is 5.97. The maximum Gasteiger partial charge on any atom is 0.253 e. The Kier molecular flexibility index (Phi) is 3.63. The molecule has 2 heterocycles. The first-order valence-electron chi connectivity index (χ1n) is 7.33. The van der Waals surface area contributed by atoms with E-state index in [1.54, 1.807) is 10.9 Å². The van der Waals surface area contributed by atoms with Gasteiger partial charge in [-0.2, -0.15) is 5.10 Å². The number of hydrogen-bond donors (Lipinski definition) is 2. The van der Waals surface area contributed by atoms with Crippen molar-refractivity contribution in [2.75, 3.05) is 0 Å². The summed E-state index contributed by atoms with van der Waals surface area (Å²) in [5.74, 6) is -0.103. The van der Waals surface area contributed by atoms with Crippen molar-refractivity contribution in [2.45, 2.75) is 44.8 Å². The van der Waals surface area contributed by atoms with Crippen LogP contribution in [0.3, 0.4) is 0 Å². The second-order valence-corrected chi connectivity index (χ2v) is 5.78. The summed E-state index contributed by atoms with van der Waals surface area (Å²) in [7, 11) is 1.84. The highest BCUT2D eigenvalue weighted by Crippen LogP contribution is 2.20. The predicted octanol–water partition coefficient (Wildman–Crippen LogP) is 1.31. The number of fused-ring (bicyclic) bond motifs is 1. The first-order chi connectivity index (χ1) is 10.0. The number of nitrogens with zero attached hydrogens (tertiary/aromatic N) is 3. The number of pyridine rings is 1. The molecule has 1 amide bonds. The highest BCUT2D eigenvalue weighted by atomic mass is 16.3. The largest absolute Gasteiger partial charge is 0.393 e. The van der Waals surface area contributed by atoms with Crippen LogP contribution in [0.15, 0.2) is 12.3 Å². The zero-order valence-electron chi connectivity index (χ0n) is 12.3. The maximum atomic E-state index is 12.3. The number of aliphatic hydroxyl groups is 1. The van der Waals surface area contributed by atoms with Gasteiger partial charge in [0.1, 0.15) is 0 Å². The van der Waals surface area contributed by atoms with Crippen LogP contribution < -0.4 is 5.32 Å². The summed E-state index contributed by atoms with van der Waals surface area (Å²) in [4.78, 5) is 16.6. The van der Waals surface area contributed by atoms with Crippen LogP contribution in [0.5, 0.6) is 0 Å². The van der Waals surface area contributed by atoms with E-state index in [4.69, 9.17) is 0 Å². The van der Waals surface area contributed by atoms with Gasteiger partial charge in [-0.05, 0) is 38.7 Å². The number of amides is 1. The van der Waals surface area contributed by atoms with E-state index in [1.165, 1.54) is 0 Å². The van der Waals surface area contributed by atoms with Crippen molar-refractivity contribution in [1.29, 1.82) is 0 Å². The molecule has 112 valence electrons. The summed E-state index contributed by atoms with van der Waals surface area (Å²) in [5.41, 5.74) is 2.21. The molecule has 21 heavy (non-hydrogen) atoms. The van der Waals surface area contributed by atoms with Gasteiger partial charge in [-0.15, -0.1) is 0 Å². The first kappa shape index (κ1) is 14.0. The Labute approximate surface area is 123 Å². The molecule has 0 bridgehead atoms. The van der Waals surface area contributed by atoms with E-state index < -0.39 is 0 Å². The van der Waals surface area contributed by atoms with Gasteiger partial charge in [-0.1, -0.05) is 0 Å². The molecular formula is C15H20N4O2. The van der Waals surface area contributed by atoms with Gasteiger partial charge in [0, 0.05) is 24.7 Å². The fourth-order valence-electron chi connectivity index (χ4n) is 2.92. The van der Waals surface area contributed by atoms with Crippen LogP contribution >= 0.6 is 0 Å². The lowest BCUT2D eigenvalue weighted by molar-refractivity contribution is 0.0867. The van der Waals surface area contributed by atoms with Crippen molar-refractivity contribution in [3.63, 3.8) is 0 Å². The minimum Gasteiger partial charge on any atom is -0.393 e. The topological polar surface area (TPSA) is 80.0 Å². The molecule has 0 atom stereocenters. The molecule has 2 N–H and O–H groups in total. The van der Waals surface area contributed by atoms with Crippen LogP contribution in [-0.2, 0) is 7.05 Å². The summed E-state index contributed by atoms with van der Waals surface area (Å²) in [6.07, 6.45) is 4.54. The van der Waals surface area contributed by atoms with E-state index in [2.05, 4.69) is 15.4 Å². The van der Waals surface area contributed by atoms with E-state index >= 15 is 0 Å². The lowest BCUT2D eigenvalue weighted by Gasteiger charge is -2.26. The molecule has 0 aliphatic heterocycles. The Bertz CT molecular complexity index is 672. The average Bonchev–Trinajstić information content (AvgIpc) is 2.76. The van der Waals surface area contributed by atoms with E-state index in [9.17, 15) is 9.90 Å². The molecule has 0 spiro atoms. The van der Waals surface area contributed by atoms with Crippen LogP contribution in [-0.4, -0.2) is 37.9 Å². The molecule has 0 aromatic carbocycles. The zero-order chi connectivity index (χ0) is 15.0. The van der Waals surface area contributed by atoms with E-state index in [0.29, 0.717) is 5.56 Å². The molecule has 2 aromatic heterocycles. The Hall–Kier alpha value is -1.95. The van der Waals surface area contributed by atoms with Crippen LogP contribution in [0, 0.1) is 6.92 Å². The lowest BCUT2D eigenvalue weighted by atomic mass is 9.93. The van der Waals surface area contributed by atoms with Crippen molar-refractivity contribution in [2.24, 2.45) is 7.05 Å². The summed E-state index contributed by atoms with van der Waals surface area (Å²) in [5, 5.41) is 17.7. The van der Waals surface area contributed by atoms with Gasteiger partial charge in [-0.3, -0.25) is 9.48 Å². The van der Waals surface area contributed by atoms with Gasteiger partial charge < -0.3 is 10.4 Å². The minimum atomic E-state index is -0.214. The van der Waals surface area contributed by atoms with Crippen molar-refractivity contribution >= 4 is 16.9 Å². The van der Waals surface area contributed by atoms with Gasteiger partial charge in [0.15, 0.2) is 5.65 Å². The van der Waals surface area contributed by atoms with Crippen LogP contribution in [0.2, 0.25) is 0 Å². The second kappa shape index (κ2) is 5.44. The second-order valence-electron chi connectivity index (χ2n) is 5.78. The molecule has 0 saturated heterocycles. The SMILES string of the molecule is Cc1nn(C)c2ncc(C(=O)NC3CCC(O)CC3)cc12. The molecule has 6 heteroatoms. The molecule has 0 radical (unpaired) electrons. The molecule has 1 aliphatic carbocycles. The Morgan fingerprint density at radius 3 is 2.81 bits per heavy atom. The maximum absolute atomic E-state index is 12.3. The van der Waals surface area contributed by atoms with Crippen LogP contribution in [0.4, 0.5) is 0 Å². The Balaban J connectivity index is 1.77. The van der Waals surface area contributed by atoms with E-state index in [1.807, 2.05) is 20.0 Å². The fraction of sp³-hybridized carbons (Fsp3) is 0.533. The fourth-order valence-corrected chi connectivity index (χ4v) is 2.92. The summed E-state index contributed by atoms with van der Waals surface area (Å²) < 4.78 is 1.72. The molecule has 2 aromatic rings. The zero-order valence-corrected chi connectivity index (χ0v) is 12.3. The molecule has 1 aliphatic rings. The van der Waals surface area contributed by atoms with Crippen LogP contribution in [0.25, 0.3) is 11.0 Å². The molecule has 3 rings (SSSR count). The normalized spacial score (nSPS) is 22.4. The summed E-state index contributed by atoms with van der Waals surface area (Å²) in [6.45, 7) is 1.91. The van der Waals surface area contributed by atoms with Crippen molar-refractivity contribution in [3.05, 3.63) is 23.5 Å². The predicted molar refractivity (Wildman–Crippen MR) is 79.0 cm³/mol. The third-order valence-electron chi connectivity index (χ3n) is 4.16. The van der Waals surface area contributed by atoms with Gasteiger partial charge in [-0.25, -0.2) is 4.98 Å². The van der Waals surface area contributed by atoms with Crippen molar-refractivity contribution < 1.29 is 9.90 Å². The highest BCUT2D eigenvalue weighted by Gasteiger charge is 2.21. The summed E-state index contributed by atoms with van der Waals surface area (Å²) in [6, 6.07) is 1.99. The number of carbonyl (C=O) groups is 1. The molecule has 0 unspecified atom stereocenters. The van der Waals surface area contributed by atoms with Crippen molar-refractivity contribution in [1.82, 2.24) is 20.1 Å². The molecular weight excluding hydrogens is 268 g/mol. The summed E-state index contributed by atoms with van der Waals surface area (Å²) >= 11 is 0. The van der Waals surface area contributed by atoms with Gasteiger partial charge in [0.25, 0.3) is 5.91 Å². The van der Waals surface area contributed by atoms with Gasteiger partial charge in [0.2, 0.25) is 0 Å². The number of rotatable bonds is 2. The Morgan fingerprint density at radius 1 is 1.38 bits per heavy atom. The molecule has 1 fully saturated rings. The molecule has 1 saturated carbocycles. The number of nitrogens with one attached hydrogen (secondary N) is 1. The smallest absolute Gasteiger partial charge is 0.253 e. The van der Waals surface area contributed by atoms with Crippen molar-refractivity contribution in [3.8, 4) is 0 Å². The van der Waals surface area contributed by atoms with Gasteiger partial charge >= 0.3 is 0 Å².